The summed E-state index contributed by atoms with van der Waals surface area (Å²) >= 11 is 3.73. The molecule has 0 aliphatic carbocycles. The fourth-order valence-corrected chi connectivity index (χ4v) is 2.60. The molecule has 0 amide bonds. The van der Waals surface area contributed by atoms with Crippen molar-refractivity contribution in [3.8, 4) is 0 Å². The Labute approximate surface area is 107 Å². The smallest absolute Gasteiger partial charge is 0.0797 e. The lowest BCUT2D eigenvalue weighted by Gasteiger charge is -2.18. The van der Waals surface area contributed by atoms with Crippen molar-refractivity contribution in [2.45, 2.75) is 31.9 Å². The van der Waals surface area contributed by atoms with E-state index in [-0.39, 0.29) is 0 Å². The number of thiazole rings is 1. The van der Waals surface area contributed by atoms with E-state index in [0.717, 1.165) is 18.2 Å². The molecular formula is C12H22N2S2. The van der Waals surface area contributed by atoms with Gasteiger partial charge in [-0.05, 0) is 39.6 Å². The van der Waals surface area contributed by atoms with Crippen LogP contribution in [0.2, 0.25) is 0 Å². The Hall–Kier alpha value is -0.0600. The second-order valence-electron chi connectivity index (χ2n) is 4.25. The Morgan fingerprint density at radius 3 is 2.81 bits per heavy atom. The Kier molecular flexibility index (Phi) is 6.39. The summed E-state index contributed by atoms with van der Waals surface area (Å²) in [6, 6.07) is 0. The summed E-state index contributed by atoms with van der Waals surface area (Å²) in [7, 11) is 2.21. The van der Waals surface area contributed by atoms with Gasteiger partial charge in [-0.3, -0.25) is 0 Å². The Balaban J connectivity index is 2.20. The summed E-state index contributed by atoms with van der Waals surface area (Å²) < 4.78 is 0. The fourth-order valence-electron chi connectivity index (χ4n) is 1.49. The maximum absolute atomic E-state index is 4.28. The van der Waals surface area contributed by atoms with Gasteiger partial charge in [-0.2, -0.15) is 11.8 Å². The second-order valence-corrected chi connectivity index (χ2v) is 6.46. The zero-order valence-corrected chi connectivity index (χ0v) is 12.3. The Morgan fingerprint density at radius 2 is 2.25 bits per heavy atom. The van der Waals surface area contributed by atoms with Gasteiger partial charge in [-0.15, -0.1) is 11.3 Å². The molecule has 0 aliphatic heterocycles. The number of nitrogens with zero attached hydrogens (tertiary/aromatic N) is 2. The molecule has 0 radical (unpaired) electrons. The molecule has 1 unspecified atom stereocenters. The van der Waals surface area contributed by atoms with Crippen LogP contribution in [0.25, 0.3) is 0 Å². The Bertz CT molecular complexity index is 299. The van der Waals surface area contributed by atoms with Crippen molar-refractivity contribution < 1.29 is 0 Å². The van der Waals surface area contributed by atoms with Crippen molar-refractivity contribution in [2.75, 3.05) is 26.4 Å². The standard InChI is InChI=1S/C12H22N2S2/c1-10(15-4)5-7-14(3)8-6-12-11(2)13-9-16-12/h9-10H,5-8H2,1-4H3. The number of thioether (sulfide) groups is 1. The van der Waals surface area contributed by atoms with Gasteiger partial charge in [0.2, 0.25) is 0 Å². The third-order valence-corrected chi connectivity index (χ3v) is 4.92. The SMILES string of the molecule is CSC(C)CCN(C)CCc1scnc1C. The molecule has 1 aromatic heterocycles. The molecule has 1 heterocycles. The van der Waals surface area contributed by atoms with E-state index < -0.39 is 0 Å². The average molecular weight is 258 g/mol. The van der Waals surface area contributed by atoms with Gasteiger partial charge in [0.25, 0.3) is 0 Å². The molecule has 0 bridgehead atoms. The summed E-state index contributed by atoms with van der Waals surface area (Å²) in [5.41, 5.74) is 3.15. The maximum atomic E-state index is 4.28. The molecule has 2 nitrogen and oxygen atoms in total. The summed E-state index contributed by atoms with van der Waals surface area (Å²) in [6.07, 6.45) is 4.60. The molecule has 16 heavy (non-hydrogen) atoms. The number of likely N-dealkylation sites (N-methyl/N-ethyl adjacent to an activating group) is 1. The van der Waals surface area contributed by atoms with Crippen molar-refractivity contribution in [3.63, 3.8) is 0 Å². The van der Waals surface area contributed by atoms with E-state index in [9.17, 15) is 0 Å². The molecule has 92 valence electrons. The van der Waals surface area contributed by atoms with Crippen LogP contribution in [0.1, 0.15) is 23.9 Å². The molecule has 0 spiro atoms. The van der Waals surface area contributed by atoms with Crippen LogP contribution < -0.4 is 0 Å². The van der Waals surface area contributed by atoms with Crippen LogP contribution in [0, 0.1) is 6.92 Å². The molecule has 0 aliphatic rings. The summed E-state index contributed by atoms with van der Waals surface area (Å²) in [6.45, 7) is 6.73. The highest BCUT2D eigenvalue weighted by Gasteiger charge is 2.05. The van der Waals surface area contributed by atoms with Crippen LogP contribution in [-0.2, 0) is 6.42 Å². The monoisotopic (exact) mass is 258 g/mol. The van der Waals surface area contributed by atoms with Crippen molar-refractivity contribution >= 4 is 23.1 Å². The van der Waals surface area contributed by atoms with Gasteiger partial charge >= 0.3 is 0 Å². The van der Waals surface area contributed by atoms with Crippen molar-refractivity contribution in [1.82, 2.24) is 9.88 Å². The third kappa shape index (κ3) is 4.85. The lowest BCUT2D eigenvalue weighted by atomic mass is 10.2. The highest BCUT2D eigenvalue weighted by Crippen LogP contribution is 2.14. The summed E-state index contributed by atoms with van der Waals surface area (Å²) in [5.74, 6) is 0. The van der Waals surface area contributed by atoms with Crippen LogP contribution >= 0.6 is 23.1 Å². The lowest BCUT2D eigenvalue weighted by Crippen LogP contribution is -2.24. The van der Waals surface area contributed by atoms with E-state index >= 15 is 0 Å². The average Bonchev–Trinajstić information content (AvgIpc) is 2.69. The Morgan fingerprint density at radius 1 is 1.50 bits per heavy atom. The zero-order chi connectivity index (χ0) is 12.0. The molecule has 0 aromatic carbocycles. The van der Waals surface area contributed by atoms with Gasteiger partial charge in [0.05, 0.1) is 11.2 Å². The molecule has 1 rings (SSSR count). The molecule has 0 saturated carbocycles. The maximum Gasteiger partial charge on any atom is 0.0797 e. The van der Waals surface area contributed by atoms with Gasteiger partial charge in [-0.1, -0.05) is 6.92 Å². The molecule has 1 atom stereocenters. The van der Waals surface area contributed by atoms with Gasteiger partial charge in [0.1, 0.15) is 0 Å². The van der Waals surface area contributed by atoms with Crippen LogP contribution in [-0.4, -0.2) is 41.5 Å². The van der Waals surface area contributed by atoms with E-state index in [4.69, 9.17) is 0 Å². The molecule has 0 N–H and O–H groups in total. The predicted octanol–water partition coefficient (Wildman–Crippen LogP) is 3.07. The summed E-state index contributed by atoms with van der Waals surface area (Å²) in [5, 5.41) is 0.771. The fraction of sp³-hybridized carbons (Fsp3) is 0.750. The van der Waals surface area contributed by atoms with Gasteiger partial charge < -0.3 is 4.90 Å². The highest BCUT2D eigenvalue weighted by atomic mass is 32.2. The topological polar surface area (TPSA) is 16.1 Å². The third-order valence-electron chi connectivity index (χ3n) is 2.89. The zero-order valence-electron chi connectivity index (χ0n) is 10.7. The van der Waals surface area contributed by atoms with Crippen molar-refractivity contribution in [2.24, 2.45) is 0 Å². The number of hydrogen-bond acceptors (Lipinski definition) is 4. The summed E-state index contributed by atoms with van der Waals surface area (Å²) in [4.78, 5) is 8.14. The van der Waals surface area contributed by atoms with Crippen LogP contribution in [0.3, 0.4) is 0 Å². The quantitative estimate of drug-likeness (QED) is 0.748. The molecular weight excluding hydrogens is 236 g/mol. The van der Waals surface area contributed by atoms with Crippen LogP contribution in [0.4, 0.5) is 0 Å². The minimum atomic E-state index is 0.771. The number of aromatic nitrogens is 1. The van der Waals surface area contributed by atoms with Gasteiger partial charge in [0, 0.05) is 16.7 Å². The molecule has 0 saturated heterocycles. The molecule has 4 heteroatoms. The van der Waals surface area contributed by atoms with E-state index in [0.29, 0.717) is 0 Å². The van der Waals surface area contributed by atoms with Gasteiger partial charge in [0.15, 0.2) is 0 Å². The normalized spacial score (nSPS) is 13.3. The van der Waals surface area contributed by atoms with Crippen molar-refractivity contribution in [1.29, 1.82) is 0 Å². The first-order valence-corrected chi connectivity index (χ1v) is 7.90. The predicted molar refractivity (Wildman–Crippen MR) is 75.6 cm³/mol. The van der Waals surface area contributed by atoms with Crippen molar-refractivity contribution in [3.05, 3.63) is 16.1 Å². The van der Waals surface area contributed by atoms with E-state index in [1.807, 2.05) is 17.3 Å². The number of aryl methyl sites for hydroxylation is 1. The second kappa shape index (κ2) is 7.30. The minimum absolute atomic E-state index is 0.771. The highest BCUT2D eigenvalue weighted by molar-refractivity contribution is 7.99. The van der Waals surface area contributed by atoms with Crippen LogP contribution in [0.5, 0.6) is 0 Å². The first-order valence-electron chi connectivity index (χ1n) is 5.73. The first kappa shape index (κ1) is 14.0. The number of rotatable bonds is 7. The lowest BCUT2D eigenvalue weighted by molar-refractivity contribution is 0.334. The number of hydrogen-bond donors (Lipinski definition) is 0. The minimum Gasteiger partial charge on any atom is -0.306 e. The molecule has 0 fully saturated rings. The van der Waals surface area contributed by atoms with Gasteiger partial charge in [-0.25, -0.2) is 4.98 Å². The van der Waals surface area contributed by atoms with Crippen LogP contribution in [0.15, 0.2) is 5.51 Å². The largest absolute Gasteiger partial charge is 0.306 e. The van der Waals surface area contributed by atoms with E-state index in [1.165, 1.54) is 23.5 Å². The first-order chi connectivity index (χ1) is 7.63. The van der Waals surface area contributed by atoms with E-state index in [1.54, 1.807) is 11.3 Å². The molecule has 1 aromatic rings. The van der Waals surface area contributed by atoms with E-state index in [2.05, 4.69) is 37.0 Å².